The standard InChI is InChI=1S/C21H32N2O4/c1-2-3-5-18(16-24)6-4-13-22-14-12-20(25)23(22)15-11-17-7-9-19(10-8-17)21(26)27/h7-10,18,24H,2-6,11-16H2,1H3,(H,26,27). The molecule has 1 fully saturated rings. The predicted molar refractivity (Wildman–Crippen MR) is 104 cm³/mol. The molecule has 0 saturated carbocycles. The first-order chi connectivity index (χ1) is 13.0. The van der Waals surface area contributed by atoms with Gasteiger partial charge in [-0.25, -0.2) is 9.80 Å². The summed E-state index contributed by atoms with van der Waals surface area (Å²) in [5.41, 5.74) is 1.30. The van der Waals surface area contributed by atoms with Crippen molar-refractivity contribution in [2.24, 2.45) is 5.92 Å². The number of carboxylic acids is 1. The van der Waals surface area contributed by atoms with Gasteiger partial charge in [-0.2, -0.15) is 0 Å². The molecule has 6 nitrogen and oxygen atoms in total. The highest BCUT2D eigenvalue weighted by molar-refractivity contribution is 5.87. The Morgan fingerprint density at radius 2 is 1.85 bits per heavy atom. The lowest BCUT2D eigenvalue weighted by Crippen LogP contribution is -2.41. The monoisotopic (exact) mass is 376 g/mol. The van der Waals surface area contributed by atoms with Crippen LogP contribution >= 0.6 is 0 Å². The molecule has 0 bridgehead atoms. The van der Waals surface area contributed by atoms with Crippen molar-refractivity contribution in [1.29, 1.82) is 0 Å². The molecule has 1 amide bonds. The summed E-state index contributed by atoms with van der Waals surface area (Å²) in [7, 11) is 0. The number of benzene rings is 1. The summed E-state index contributed by atoms with van der Waals surface area (Å²) in [5, 5.41) is 22.4. The lowest BCUT2D eigenvalue weighted by atomic mass is 9.98. The van der Waals surface area contributed by atoms with Crippen molar-refractivity contribution < 1.29 is 19.8 Å². The Kier molecular flexibility index (Phi) is 8.75. The SMILES string of the molecule is CCCCC(CO)CCCN1CCC(=O)N1CCc1ccc(C(=O)O)cc1. The molecule has 6 heteroatoms. The van der Waals surface area contributed by atoms with Crippen LogP contribution in [0.25, 0.3) is 0 Å². The second-order valence-electron chi connectivity index (χ2n) is 7.31. The number of nitrogens with zero attached hydrogens (tertiary/aromatic N) is 2. The summed E-state index contributed by atoms with van der Waals surface area (Å²) in [6.07, 6.45) is 6.60. The van der Waals surface area contributed by atoms with Crippen molar-refractivity contribution in [3.8, 4) is 0 Å². The Labute approximate surface area is 161 Å². The maximum Gasteiger partial charge on any atom is 0.335 e. The molecule has 27 heavy (non-hydrogen) atoms. The zero-order valence-corrected chi connectivity index (χ0v) is 16.3. The summed E-state index contributed by atoms with van der Waals surface area (Å²) in [5.74, 6) is -0.408. The van der Waals surface area contributed by atoms with Crippen molar-refractivity contribution in [3.05, 3.63) is 35.4 Å². The molecule has 150 valence electrons. The van der Waals surface area contributed by atoms with E-state index in [9.17, 15) is 14.7 Å². The lowest BCUT2D eigenvalue weighted by molar-refractivity contribution is -0.138. The van der Waals surface area contributed by atoms with E-state index in [4.69, 9.17) is 5.11 Å². The first kappa shape index (κ1) is 21.4. The number of hydrogen-bond donors (Lipinski definition) is 2. The van der Waals surface area contributed by atoms with Gasteiger partial charge in [-0.05, 0) is 49.3 Å². The van der Waals surface area contributed by atoms with E-state index in [2.05, 4.69) is 11.9 Å². The van der Waals surface area contributed by atoms with E-state index in [0.29, 0.717) is 25.3 Å². The molecule has 0 spiro atoms. The highest BCUT2D eigenvalue weighted by atomic mass is 16.4. The molecule has 1 unspecified atom stereocenters. The molecular formula is C21H32N2O4. The van der Waals surface area contributed by atoms with Gasteiger partial charge < -0.3 is 10.2 Å². The van der Waals surface area contributed by atoms with Crippen LogP contribution in [-0.2, 0) is 11.2 Å². The summed E-state index contributed by atoms with van der Waals surface area (Å²) in [4.78, 5) is 23.1. The molecule has 0 radical (unpaired) electrons. The van der Waals surface area contributed by atoms with E-state index < -0.39 is 5.97 Å². The van der Waals surface area contributed by atoms with Crippen LogP contribution in [-0.4, -0.2) is 58.3 Å². The Hall–Kier alpha value is -1.92. The van der Waals surface area contributed by atoms with E-state index in [-0.39, 0.29) is 18.1 Å². The molecule has 1 saturated heterocycles. The molecule has 0 aromatic heterocycles. The number of hydrogen-bond acceptors (Lipinski definition) is 4. The highest BCUT2D eigenvalue weighted by Crippen LogP contribution is 2.18. The third-order valence-corrected chi connectivity index (χ3v) is 5.28. The van der Waals surface area contributed by atoms with E-state index in [1.54, 1.807) is 12.1 Å². The molecule has 1 aromatic rings. The number of carbonyl (C=O) groups excluding carboxylic acids is 1. The molecule has 2 N–H and O–H groups in total. The number of unbranched alkanes of at least 4 members (excludes halogenated alkanes) is 1. The zero-order chi connectivity index (χ0) is 19.6. The number of aliphatic hydroxyl groups is 1. The van der Waals surface area contributed by atoms with E-state index >= 15 is 0 Å². The molecule has 1 atom stereocenters. The van der Waals surface area contributed by atoms with Gasteiger partial charge in [0.05, 0.1) is 5.56 Å². The second-order valence-corrected chi connectivity index (χ2v) is 7.31. The Bertz CT molecular complexity index is 603. The number of amides is 1. The fraction of sp³-hybridized carbons (Fsp3) is 0.619. The fourth-order valence-electron chi connectivity index (χ4n) is 3.56. The minimum atomic E-state index is -0.928. The molecule has 2 rings (SSSR count). The largest absolute Gasteiger partial charge is 0.478 e. The average Bonchev–Trinajstić information content (AvgIpc) is 3.02. The minimum absolute atomic E-state index is 0.154. The van der Waals surface area contributed by atoms with Crippen LogP contribution in [0.4, 0.5) is 0 Å². The molecule has 1 aliphatic rings. The van der Waals surface area contributed by atoms with Gasteiger partial charge in [0.2, 0.25) is 5.91 Å². The van der Waals surface area contributed by atoms with Gasteiger partial charge in [0.15, 0.2) is 0 Å². The summed E-state index contributed by atoms with van der Waals surface area (Å²) >= 11 is 0. The number of aromatic carboxylic acids is 1. The average molecular weight is 376 g/mol. The van der Waals surface area contributed by atoms with Crippen LogP contribution in [0.5, 0.6) is 0 Å². The second kappa shape index (κ2) is 11.0. The first-order valence-corrected chi connectivity index (χ1v) is 10.0. The number of carboxylic acid groups (broad SMARTS) is 1. The Morgan fingerprint density at radius 1 is 1.15 bits per heavy atom. The highest BCUT2D eigenvalue weighted by Gasteiger charge is 2.28. The van der Waals surface area contributed by atoms with Crippen LogP contribution in [0.15, 0.2) is 24.3 Å². The van der Waals surface area contributed by atoms with E-state index in [1.165, 1.54) is 0 Å². The molecular weight excluding hydrogens is 344 g/mol. The maximum atomic E-state index is 12.2. The quantitative estimate of drug-likeness (QED) is 0.586. The first-order valence-electron chi connectivity index (χ1n) is 10.0. The van der Waals surface area contributed by atoms with Crippen molar-refractivity contribution in [1.82, 2.24) is 10.0 Å². The molecule has 1 heterocycles. The number of rotatable bonds is 12. The maximum absolute atomic E-state index is 12.2. The van der Waals surface area contributed by atoms with Gasteiger partial charge in [0.1, 0.15) is 0 Å². The van der Waals surface area contributed by atoms with Crippen molar-refractivity contribution in [3.63, 3.8) is 0 Å². The summed E-state index contributed by atoms with van der Waals surface area (Å²) in [6.45, 7) is 4.62. The van der Waals surface area contributed by atoms with Gasteiger partial charge >= 0.3 is 5.97 Å². The Balaban J connectivity index is 1.80. The zero-order valence-electron chi connectivity index (χ0n) is 16.3. The normalized spacial score (nSPS) is 16.1. The number of hydrazine groups is 1. The molecule has 1 aliphatic heterocycles. The molecule has 0 aliphatic carbocycles. The third-order valence-electron chi connectivity index (χ3n) is 5.28. The van der Waals surface area contributed by atoms with Crippen LogP contribution in [0, 0.1) is 5.92 Å². The van der Waals surface area contributed by atoms with Gasteiger partial charge in [-0.1, -0.05) is 31.9 Å². The predicted octanol–water partition coefficient (Wildman–Crippen LogP) is 2.96. The smallest absolute Gasteiger partial charge is 0.335 e. The van der Waals surface area contributed by atoms with Crippen molar-refractivity contribution in [2.75, 3.05) is 26.2 Å². The van der Waals surface area contributed by atoms with E-state index in [0.717, 1.165) is 50.8 Å². The van der Waals surface area contributed by atoms with Crippen LogP contribution in [0.3, 0.4) is 0 Å². The summed E-state index contributed by atoms with van der Waals surface area (Å²) < 4.78 is 0. The van der Waals surface area contributed by atoms with Gasteiger partial charge in [0, 0.05) is 32.7 Å². The topological polar surface area (TPSA) is 81.1 Å². The van der Waals surface area contributed by atoms with Crippen LogP contribution in [0.1, 0.15) is 61.4 Å². The summed E-state index contributed by atoms with van der Waals surface area (Å²) in [6, 6.07) is 6.83. The lowest BCUT2D eigenvalue weighted by Gasteiger charge is -2.28. The van der Waals surface area contributed by atoms with Crippen LogP contribution in [0.2, 0.25) is 0 Å². The number of carbonyl (C=O) groups is 2. The van der Waals surface area contributed by atoms with Crippen LogP contribution < -0.4 is 0 Å². The number of aliphatic hydroxyl groups excluding tert-OH is 1. The molecule has 1 aromatic carbocycles. The van der Waals surface area contributed by atoms with Gasteiger partial charge in [0.25, 0.3) is 0 Å². The van der Waals surface area contributed by atoms with Crippen molar-refractivity contribution in [2.45, 2.75) is 51.9 Å². The minimum Gasteiger partial charge on any atom is -0.478 e. The van der Waals surface area contributed by atoms with E-state index in [1.807, 2.05) is 17.1 Å². The third kappa shape index (κ3) is 6.63. The van der Waals surface area contributed by atoms with Gasteiger partial charge in [-0.3, -0.25) is 9.80 Å². The fourth-order valence-corrected chi connectivity index (χ4v) is 3.56. The van der Waals surface area contributed by atoms with Gasteiger partial charge in [-0.15, -0.1) is 0 Å². The Morgan fingerprint density at radius 3 is 2.48 bits per heavy atom. The van der Waals surface area contributed by atoms with Crippen molar-refractivity contribution >= 4 is 11.9 Å².